The van der Waals surface area contributed by atoms with Crippen molar-refractivity contribution in [3.63, 3.8) is 0 Å². The van der Waals surface area contributed by atoms with E-state index in [9.17, 15) is 0 Å². The highest BCUT2D eigenvalue weighted by Gasteiger charge is 2.20. The van der Waals surface area contributed by atoms with Crippen molar-refractivity contribution in [3.8, 4) is 17.6 Å². The van der Waals surface area contributed by atoms with Gasteiger partial charge in [-0.3, -0.25) is 0 Å². The van der Waals surface area contributed by atoms with E-state index >= 15 is 0 Å². The van der Waals surface area contributed by atoms with E-state index in [1.807, 2.05) is 19.1 Å². The van der Waals surface area contributed by atoms with Gasteiger partial charge in [0, 0.05) is 24.6 Å². The van der Waals surface area contributed by atoms with Crippen LogP contribution in [-0.4, -0.2) is 12.6 Å². The van der Waals surface area contributed by atoms with E-state index in [-0.39, 0.29) is 0 Å². The summed E-state index contributed by atoms with van der Waals surface area (Å²) in [6.07, 6.45) is 3.42. The molecule has 0 heterocycles. The first-order valence-electron chi connectivity index (χ1n) is 6.24. The fraction of sp³-hybridized carbons (Fsp3) is 0.467. The van der Waals surface area contributed by atoms with E-state index in [1.54, 1.807) is 0 Å². The first kappa shape index (κ1) is 12.0. The Morgan fingerprint density at radius 3 is 2.94 bits per heavy atom. The fourth-order valence-corrected chi connectivity index (χ4v) is 1.67. The summed E-state index contributed by atoms with van der Waals surface area (Å²) in [4.78, 5) is 0. The molecule has 1 aliphatic carbocycles. The maximum Gasteiger partial charge on any atom is 0.123 e. The molecule has 1 N–H and O–H groups in total. The summed E-state index contributed by atoms with van der Waals surface area (Å²) >= 11 is 0. The second kappa shape index (κ2) is 6.32. The van der Waals surface area contributed by atoms with Crippen LogP contribution >= 0.6 is 0 Å². The maximum atomic E-state index is 5.75. The number of ether oxygens (including phenoxy) is 1. The zero-order chi connectivity index (χ0) is 11.9. The Balaban J connectivity index is 1.86. The zero-order valence-corrected chi connectivity index (χ0v) is 10.3. The van der Waals surface area contributed by atoms with Crippen LogP contribution in [0.1, 0.15) is 31.7 Å². The van der Waals surface area contributed by atoms with Gasteiger partial charge in [0.2, 0.25) is 0 Å². The predicted octanol–water partition coefficient (Wildman–Crippen LogP) is 2.73. The fourth-order valence-electron chi connectivity index (χ4n) is 1.67. The van der Waals surface area contributed by atoms with Gasteiger partial charge in [-0.15, -0.1) is 11.8 Å². The van der Waals surface area contributed by atoms with Gasteiger partial charge in [0.15, 0.2) is 0 Å². The summed E-state index contributed by atoms with van der Waals surface area (Å²) in [6.45, 7) is 3.43. The molecular weight excluding hydrogens is 210 g/mol. The van der Waals surface area contributed by atoms with Crippen molar-refractivity contribution >= 4 is 0 Å². The minimum atomic E-state index is 0.668. The molecule has 0 unspecified atom stereocenters. The third-order valence-electron chi connectivity index (χ3n) is 2.79. The van der Waals surface area contributed by atoms with Crippen molar-refractivity contribution < 1.29 is 4.74 Å². The molecule has 1 aromatic rings. The third-order valence-corrected chi connectivity index (χ3v) is 2.79. The molecule has 1 saturated carbocycles. The van der Waals surface area contributed by atoms with Crippen LogP contribution in [0, 0.1) is 11.8 Å². The number of para-hydroxylation sites is 1. The van der Waals surface area contributed by atoms with Gasteiger partial charge < -0.3 is 10.1 Å². The van der Waals surface area contributed by atoms with Crippen LogP contribution in [0.15, 0.2) is 24.3 Å². The van der Waals surface area contributed by atoms with E-state index in [4.69, 9.17) is 4.74 Å². The predicted molar refractivity (Wildman–Crippen MR) is 69.9 cm³/mol. The molecule has 1 aliphatic rings. The van der Waals surface area contributed by atoms with Gasteiger partial charge in [-0.1, -0.05) is 18.2 Å². The minimum absolute atomic E-state index is 0.668. The smallest absolute Gasteiger partial charge is 0.123 e. The quantitative estimate of drug-likeness (QED) is 0.598. The summed E-state index contributed by atoms with van der Waals surface area (Å²) in [6, 6.07) is 8.96. The topological polar surface area (TPSA) is 21.3 Å². The van der Waals surface area contributed by atoms with Gasteiger partial charge in [-0.25, -0.2) is 0 Å². The van der Waals surface area contributed by atoms with E-state index < -0.39 is 0 Å². The van der Waals surface area contributed by atoms with Crippen LogP contribution in [0.3, 0.4) is 0 Å². The number of nitrogens with one attached hydrogen (secondary N) is 1. The van der Waals surface area contributed by atoms with Crippen LogP contribution in [0.25, 0.3) is 0 Å². The standard InChI is InChI=1S/C15H19NO/c1-2-3-6-11-17-15-8-5-4-7-13(15)12-16-14-9-10-14/h4-5,7-8,14,16H,6,9-12H2,1H3. The van der Waals surface area contributed by atoms with Crippen LogP contribution < -0.4 is 10.1 Å². The molecule has 2 nitrogen and oxygen atoms in total. The summed E-state index contributed by atoms with van der Waals surface area (Å²) in [5, 5.41) is 3.51. The first-order chi connectivity index (χ1) is 8.40. The normalized spacial score (nSPS) is 13.9. The lowest BCUT2D eigenvalue weighted by atomic mass is 10.2. The summed E-state index contributed by atoms with van der Waals surface area (Å²) < 4.78 is 5.75. The van der Waals surface area contributed by atoms with Crippen molar-refractivity contribution in [2.24, 2.45) is 0 Å². The zero-order valence-electron chi connectivity index (χ0n) is 10.3. The molecule has 0 aliphatic heterocycles. The Kier molecular flexibility index (Phi) is 4.46. The molecule has 90 valence electrons. The summed E-state index contributed by atoms with van der Waals surface area (Å²) in [5.74, 6) is 6.87. The summed E-state index contributed by atoms with van der Waals surface area (Å²) in [5.41, 5.74) is 1.24. The molecule has 17 heavy (non-hydrogen) atoms. The van der Waals surface area contributed by atoms with E-state index in [0.717, 1.165) is 24.8 Å². The molecule has 1 aromatic carbocycles. The molecule has 0 bridgehead atoms. The lowest BCUT2D eigenvalue weighted by Crippen LogP contribution is -2.16. The number of hydrogen-bond acceptors (Lipinski definition) is 2. The molecular formula is C15H19NO. The second-order valence-corrected chi connectivity index (χ2v) is 4.29. The molecule has 0 radical (unpaired) electrons. The SMILES string of the molecule is CC#CCCOc1ccccc1CNC1CC1. The van der Waals surface area contributed by atoms with Crippen LogP contribution in [0.2, 0.25) is 0 Å². The van der Waals surface area contributed by atoms with Gasteiger partial charge in [0.25, 0.3) is 0 Å². The van der Waals surface area contributed by atoms with Gasteiger partial charge >= 0.3 is 0 Å². The Morgan fingerprint density at radius 2 is 2.18 bits per heavy atom. The Morgan fingerprint density at radius 1 is 1.35 bits per heavy atom. The van der Waals surface area contributed by atoms with Gasteiger partial charge in [-0.2, -0.15) is 0 Å². The Hall–Kier alpha value is -1.46. The number of benzene rings is 1. The molecule has 0 aromatic heterocycles. The molecule has 0 amide bonds. The Bertz CT molecular complexity index is 412. The van der Waals surface area contributed by atoms with E-state index in [2.05, 4.69) is 29.3 Å². The highest BCUT2D eigenvalue weighted by atomic mass is 16.5. The van der Waals surface area contributed by atoms with Crippen LogP contribution in [0.5, 0.6) is 5.75 Å². The average Bonchev–Trinajstić information content (AvgIpc) is 3.17. The van der Waals surface area contributed by atoms with Gasteiger partial charge in [0.1, 0.15) is 5.75 Å². The third kappa shape index (κ3) is 4.13. The van der Waals surface area contributed by atoms with Gasteiger partial charge in [0.05, 0.1) is 6.61 Å². The average molecular weight is 229 g/mol. The largest absolute Gasteiger partial charge is 0.492 e. The van der Waals surface area contributed by atoms with Crippen molar-refractivity contribution in [2.75, 3.05) is 6.61 Å². The second-order valence-electron chi connectivity index (χ2n) is 4.29. The molecule has 2 rings (SSSR count). The van der Waals surface area contributed by atoms with E-state index in [0.29, 0.717) is 6.61 Å². The maximum absolute atomic E-state index is 5.75. The molecule has 0 atom stereocenters. The molecule has 1 fully saturated rings. The first-order valence-corrected chi connectivity index (χ1v) is 6.24. The van der Waals surface area contributed by atoms with Crippen molar-refractivity contribution in [1.82, 2.24) is 5.32 Å². The number of rotatable bonds is 6. The van der Waals surface area contributed by atoms with Crippen LogP contribution in [0.4, 0.5) is 0 Å². The van der Waals surface area contributed by atoms with E-state index in [1.165, 1.54) is 18.4 Å². The highest BCUT2D eigenvalue weighted by Crippen LogP contribution is 2.22. The van der Waals surface area contributed by atoms with Crippen molar-refractivity contribution in [3.05, 3.63) is 29.8 Å². The van der Waals surface area contributed by atoms with Crippen LogP contribution in [-0.2, 0) is 6.54 Å². The lowest BCUT2D eigenvalue weighted by Gasteiger charge is -2.10. The lowest BCUT2D eigenvalue weighted by molar-refractivity contribution is 0.323. The van der Waals surface area contributed by atoms with Crippen molar-refractivity contribution in [1.29, 1.82) is 0 Å². The molecule has 0 saturated heterocycles. The minimum Gasteiger partial charge on any atom is -0.492 e. The highest BCUT2D eigenvalue weighted by molar-refractivity contribution is 5.33. The Labute approximate surface area is 103 Å². The molecule has 2 heteroatoms. The van der Waals surface area contributed by atoms with Crippen molar-refractivity contribution in [2.45, 2.75) is 38.8 Å². The monoisotopic (exact) mass is 229 g/mol. The molecule has 0 spiro atoms. The number of hydrogen-bond donors (Lipinski definition) is 1. The van der Waals surface area contributed by atoms with Gasteiger partial charge in [-0.05, 0) is 25.8 Å². The summed E-state index contributed by atoms with van der Waals surface area (Å²) in [7, 11) is 0.